The maximum atomic E-state index is 13.2. The summed E-state index contributed by atoms with van der Waals surface area (Å²) in [5.41, 5.74) is 1.88. The smallest absolute Gasteiger partial charge is 0.324 e. The highest BCUT2D eigenvalue weighted by Gasteiger charge is 2.33. The second-order valence-electron chi connectivity index (χ2n) is 7.68. The highest BCUT2D eigenvalue weighted by atomic mass is 16.5. The van der Waals surface area contributed by atoms with Gasteiger partial charge in [0.25, 0.3) is 0 Å². The molecule has 4 rings (SSSR count). The molecule has 0 saturated carbocycles. The number of urea groups is 1. The van der Waals surface area contributed by atoms with E-state index in [1.165, 1.54) is 0 Å². The van der Waals surface area contributed by atoms with E-state index >= 15 is 0 Å². The number of benzene rings is 2. The summed E-state index contributed by atoms with van der Waals surface area (Å²) in [7, 11) is 0. The third-order valence-electron chi connectivity index (χ3n) is 5.68. The maximum Gasteiger partial charge on any atom is 0.324 e. The number of carbonyl (C=O) groups is 2. The SMILES string of the molecule is C[C@H](NC(=O)[C@@H]1CCCN(C(=O)N2CCOc3ccccc32)C1)c1ccccc1. The van der Waals surface area contributed by atoms with Crippen molar-refractivity contribution in [2.75, 3.05) is 31.1 Å². The first-order chi connectivity index (χ1) is 14.1. The van der Waals surface area contributed by atoms with Crippen molar-refractivity contribution >= 4 is 17.6 Å². The van der Waals surface area contributed by atoms with Gasteiger partial charge in [-0.1, -0.05) is 42.5 Å². The van der Waals surface area contributed by atoms with Crippen LogP contribution in [0, 0.1) is 5.92 Å². The van der Waals surface area contributed by atoms with Crippen molar-refractivity contribution in [2.45, 2.75) is 25.8 Å². The molecule has 0 aliphatic carbocycles. The highest BCUT2D eigenvalue weighted by molar-refractivity contribution is 5.94. The van der Waals surface area contributed by atoms with Gasteiger partial charge in [0.15, 0.2) is 0 Å². The molecule has 6 heteroatoms. The highest BCUT2D eigenvalue weighted by Crippen LogP contribution is 2.32. The van der Waals surface area contributed by atoms with Crippen molar-refractivity contribution in [2.24, 2.45) is 5.92 Å². The Hall–Kier alpha value is -3.02. The van der Waals surface area contributed by atoms with Crippen molar-refractivity contribution in [1.29, 1.82) is 0 Å². The summed E-state index contributed by atoms with van der Waals surface area (Å²) in [4.78, 5) is 29.6. The van der Waals surface area contributed by atoms with Gasteiger partial charge < -0.3 is 15.0 Å². The van der Waals surface area contributed by atoms with Crippen LogP contribution >= 0.6 is 0 Å². The number of ether oxygens (including phenoxy) is 1. The minimum atomic E-state index is -0.185. The lowest BCUT2D eigenvalue weighted by Gasteiger charge is -2.38. The third-order valence-corrected chi connectivity index (χ3v) is 5.68. The molecule has 0 bridgehead atoms. The largest absolute Gasteiger partial charge is 0.490 e. The fourth-order valence-corrected chi connectivity index (χ4v) is 4.06. The lowest BCUT2D eigenvalue weighted by atomic mass is 9.96. The van der Waals surface area contributed by atoms with Crippen molar-refractivity contribution in [1.82, 2.24) is 10.2 Å². The number of likely N-dealkylation sites (tertiary alicyclic amines) is 1. The lowest BCUT2D eigenvalue weighted by Crippen LogP contribution is -2.52. The fraction of sp³-hybridized carbons (Fsp3) is 0.391. The minimum absolute atomic E-state index is 0.0150. The van der Waals surface area contributed by atoms with Crippen molar-refractivity contribution in [3.8, 4) is 5.75 Å². The summed E-state index contributed by atoms with van der Waals surface area (Å²) in [6, 6.07) is 17.4. The Kier molecular flexibility index (Phi) is 5.69. The average Bonchev–Trinajstić information content (AvgIpc) is 2.79. The standard InChI is InChI=1S/C23H27N3O3/c1-17(18-8-3-2-4-9-18)24-22(27)19-10-7-13-25(16-19)23(28)26-14-15-29-21-12-6-5-11-20(21)26/h2-6,8-9,11-12,17,19H,7,10,13-16H2,1H3,(H,24,27)/t17-,19+/m0/s1. The van der Waals surface area contributed by atoms with E-state index < -0.39 is 0 Å². The summed E-state index contributed by atoms with van der Waals surface area (Å²) in [5.74, 6) is 0.562. The Labute approximate surface area is 171 Å². The van der Waals surface area contributed by atoms with Crippen LogP contribution in [-0.2, 0) is 4.79 Å². The van der Waals surface area contributed by atoms with Gasteiger partial charge in [-0.3, -0.25) is 9.69 Å². The zero-order valence-electron chi connectivity index (χ0n) is 16.7. The molecular formula is C23H27N3O3. The van der Waals surface area contributed by atoms with E-state index in [1.54, 1.807) is 4.90 Å². The summed E-state index contributed by atoms with van der Waals surface area (Å²) in [6.07, 6.45) is 1.63. The molecule has 29 heavy (non-hydrogen) atoms. The first kappa shape index (κ1) is 19.3. The fourth-order valence-electron chi connectivity index (χ4n) is 4.06. The monoisotopic (exact) mass is 393 g/mol. The normalized spacial score (nSPS) is 19.7. The summed E-state index contributed by atoms with van der Waals surface area (Å²) < 4.78 is 5.66. The van der Waals surface area contributed by atoms with Gasteiger partial charge in [0.05, 0.1) is 24.2 Å². The summed E-state index contributed by atoms with van der Waals surface area (Å²) in [5, 5.41) is 3.11. The minimum Gasteiger partial charge on any atom is -0.490 e. The first-order valence-electron chi connectivity index (χ1n) is 10.3. The van der Waals surface area contributed by atoms with Crippen molar-refractivity contribution in [3.63, 3.8) is 0 Å². The van der Waals surface area contributed by atoms with Gasteiger partial charge in [-0.05, 0) is 37.5 Å². The number of anilines is 1. The molecule has 3 amide bonds. The summed E-state index contributed by atoms with van der Waals surface area (Å²) in [6.45, 7) is 4.12. The van der Waals surface area contributed by atoms with Gasteiger partial charge in [0.1, 0.15) is 12.4 Å². The molecule has 2 aliphatic heterocycles. The predicted octanol–water partition coefficient (Wildman–Crippen LogP) is 3.59. The van der Waals surface area contributed by atoms with Crippen LogP contribution < -0.4 is 15.0 Å². The number of nitrogens with one attached hydrogen (secondary N) is 1. The molecule has 0 unspecified atom stereocenters. The number of rotatable bonds is 3. The Balaban J connectivity index is 1.41. The molecule has 2 aromatic carbocycles. The number of hydrogen-bond donors (Lipinski definition) is 1. The van der Waals surface area contributed by atoms with E-state index in [-0.39, 0.29) is 23.9 Å². The van der Waals surface area contributed by atoms with Crippen LogP contribution in [0.4, 0.5) is 10.5 Å². The van der Waals surface area contributed by atoms with Gasteiger partial charge in [0.2, 0.25) is 5.91 Å². The van der Waals surface area contributed by atoms with E-state index in [2.05, 4.69) is 5.32 Å². The molecule has 1 fully saturated rings. The average molecular weight is 393 g/mol. The van der Waals surface area contributed by atoms with E-state index in [9.17, 15) is 9.59 Å². The van der Waals surface area contributed by atoms with Crippen LogP contribution in [0.25, 0.3) is 0 Å². The third kappa shape index (κ3) is 4.21. The first-order valence-corrected chi connectivity index (χ1v) is 10.3. The van der Waals surface area contributed by atoms with Crippen LogP contribution in [-0.4, -0.2) is 43.1 Å². The Morgan fingerprint density at radius 2 is 1.83 bits per heavy atom. The predicted molar refractivity (Wildman–Crippen MR) is 112 cm³/mol. The van der Waals surface area contributed by atoms with Gasteiger partial charge >= 0.3 is 6.03 Å². The second kappa shape index (κ2) is 8.55. The number of carbonyl (C=O) groups excluding carboxylic acids is 2. The van der Waals surface area contributed by atoms with Crippen molar-refractivity contribution in [3.05, 3.63) is 60.2 Å². The maximum absolute atomic E-state index is 13.2. The molecule has 2 aromatic rings. The number of hydrogen-bond acceptors (Lipinski definition) is 3. The molecule has 1 saturated heterocycles. The molecular weight excluding hydrogens is 366 g/mol. The van der Waals surface area contributed by atoms with Gasteiger partial charge in [0, 0.05) is 13.1 Å². The Morgan fingerprint density at radius 1 is 1.07 bits per heavy atom. The van der Waals surface area contributed by atoms with Crippen LogP contribution in [0.2, 0.25) is 0 Å². The van der Waals surface area contributed by atoms with Crippen LogP contribution in [0.1, 0.15) is 31.4 Å². The number of piperidine rings is 1. The number of amides is 3. The molecule has 2 atom stereocenters. The quantitative estimate of drug-likeness (QED) is 0.867. The molecule has 0 spiro atoms. The van der Waals surface area contributed by atoms with Gasteiger partial charge in [-0.2, -0.15) is 0 Å². The second-order valence-corrected chi connectivity index (χ2v) is 7.68. The molecule has 0 radical (unpaired) electrons. The Bertz CT molecular complexity index is 871. The van der Waals surface area contributed by atoms with E-state index in [0.29, 0.717) is 26.2 Å². The van der Waals surface area contributed by atoms with E-state index in [4.69, 9.17) is 4.74 Å². The van der Waals surface area contributed by atoms with E-state index in [1.807, 2.05) is 66.4 Å². The topological polar surface area (TPSA) is 61.9 Å². The zero-order chi connectivity index (χ0) is 20.2. The number of fused-ring (bicyclic) bond motifs is 1. The van der Waals surface area contributed by atoms with Crippen LogP contribution in [0.5, 0.6) is 5.75 Å². The summed E-state index contributed by atoms with van der Waals surface area (Å²) >= 11 is 0. The number of para-hydroxylation sites is 2. The molecule has 152 valence electrons. The van der Waals surface area contributed by atoms with Crippen LogP contribution in [0.3, 0.4) is 0 Å². The van der Waals surface area contributed by atoms with Gasteiger partial charge in [-0.15, -0.1) is 0 Å². The molecule has 2 heterocycles. The number of nitrogens with zero attached hydrogens (tertiary/aromatic N) is 2. The van der Waals surface area contributed by atoms with Crippen LogP contribution in [0.15, 0.2) is 54.6 Å². The molecule has 0 aromatic heterocycles. The van der Waals surface area contributed by atoms with Gasteiger partial charge in [-0.25, -0.2) is 4.79 Å². The molecule has 6 nitrogen and oxygen atoms in total. The zero-order valence-corrected chi connectivity index (χ0v) is 16.7. The molecule has 2 aliphatic rings. The van der Waals surface area contributed by atoms with Crippen molar-refractivity contribution < 1.29 is 14.3 Å². The Morgan fingerprint density at radius 3 is 2.66 bits per heavy atom. The van der Waals surface area contributed by atoms with E-state index in [0.717, 1.165) is 29.8 Å². The lowest BCUT2D eigenvalue weighted by molar-refractivity contribution is -0.126. The molecule has 1 N–H and O–H groups in total.